The zero-order valence-corrected chi connectivity index (χ0v) is 20.4. The number of halogens is 4. The number of hydrogen-bond donors (Lipinski definition) is 3. The maximum absolute atomic E-state index is 14.2. The van der Waals surface area contributed by atoms with Crippen LogP contribution in [-0.4, -0.2) is 28.5 Å². The van der Waals surface area contributed by atoms with Crippen molar-refractivity contribution >= 4 is 46.5 Å². The molecular formula is C28H21F4N5O2. The number of rotatable bonds is 7. The molecule has 2 aromatic carbocycles. The number of pyridine rings is 1. The van der Waals surface area contributed by atoms with Crippen LogP contribution >= 0.6 is 0 Å². The van der Waals surface area contributed by atoms with Crippen LogP contribution in [0.2, 0.25) is 0 Å². The van der Waals surface area contributed by atoms with Crippen LogP contribution in [0, 0.1) is 5.82 Å². The van der Waals surface area contributed by atoms with Crippen molar-refractivity contribution in [3.63, 3.8) is 0 Å². The van der Waals surface area contributed by atoms with Gasteiger partial charge >= 0.3 is 12.2 Å². The highest BCUT2D eigenvalue weighted by Gasteiger charge is 2.35. The molecule has 2 amide bonds. The Labute approximate surface area is 220 Å². The molecule has 4 rings (SSSR count). The van der Waals surface area contributed by atoms with Crippen molar-refractivity contribution in [3.05, 3.63) is 107 Å². The number of allylic oxidation sites excluding steroid dienone is 3. The average molecular weight is 536 g/mol. The number of hydrogen-bond acceptors (Lipinski definition) is 4. The number of fused-ring (bicyclic) bond motifs is 1. The molecule has 2 heterocycles. The highest BCUT2D eigenvalue weighted by atomic mass is 19.4. The lowest BCUT2D eigenvalue weighted by Crippen LogP contribution is -2.21. The number of carbonyl (C=O) groups is 2. The number of ketones is 1. The highest BCUT2D eigenvalue weighted by molar-refractivity contribution is 6.16. The van der Waals surface area contributed by atoms with E-state index in [1.54, 1.807) is 18.3 Å². The van der Waals surface area contributed by atoms with Gasteiger partial charge in [0.2, 0.25) is 0 Å². The number of aromatic amines is 1. The van der Waals surface area contributed by atoms with E-state index in [2.05, 4.69) is 32.3 Å². The number of alkyl halides is 3. The van der Waals surface area contributed by atoms with Crippen LogP contribution in [0.5, 0.6) is 0 Å². The molecule has 0 aliphatic rings. The van der Waals surface area contributed by atoms with Crippen LogP contribution < -0.4 is 10.6 Å². The summed E-state index contributed by atoms with van der Waals surface area (Å²) in [5, 5.41) is 5.06. The number of aromatic nitrogens is 2. The Bertz CT molecular complexity index is 1640. The molecule has 0 saturated carbocycles. The number of H-pyrrole nitrogens is 1. The largest absolute Gasteiger partial charge is 0.419 e. The lowest BCUT2D eigenvalue weighted by atomic mass is 10.0. The molecule has 4 aromatic rings. The van der Waals surface area contributed by atoms with E-state index in [0.29, 0.717) is 22.7 Å². The molecule has 0 saturated heterocycles. The minimum Gasteiger partial charge on any atom is -0.345 e. The Hall–Kier alpha value is -5.06. The molecule has 3 N–H and O–H groups in total. The van der Waals surface area contributed by atoms with E-state index in [4.69, 9.17) is 0 Å². The SMILES string of the molecule is C=N/C=C\C=C(/C)c1cnc2[nH]cc(C(=O)c3cccc(NC(=O)Nc4cccc(C(F)(F)F)c4F)c3)c2c1. The first-order chi connectivity index (χ1) is 18.6. The second-order valence-electron chi connectivity index (χ2n) is 8.35. The summed E-state index contributed by atoms with van der Waals surface area (Å²) in [6.07, 6.45) is 3.39. The van der Waals surface area contributed by atoms with Crippen molar-refractivity contribution in [1.82, 2.24) is 9.97 Å². The molecule has 0 aliphatic carbocycles. The fraction of sp³-hybridized carbons (Fsp3) is 0.0714. The van der Waals surface area contributed by atoms with Gasteiger partial charge in [0, 0.05) is 40.8 Å². The molecule has 0 atom stereocenters. The van der Waals surface area contributed by atoms with E-state index in [1.165, 1.54) is 30.6 Å². The summed E-state index contributed by atoms with van der Waals surface area (Å²) in [6, 6.07) is 9.36. The Morgan fingerprint density at radius 2 is 1.85 bits per heavy atom. The first-order valence-corrected chi connectivity index (χ1v) is 11.4. The van der Waals surface area contributed by atoms with Gasteiger partial charge in [-0.15, -0.1) is 0 Å². The molecule has 2 aromatic heterocycles. The third-order valence-electron chi connectivity index (χ3n) is 5.70. The standard InChI is InChI=1S/C28H21F4N5O2/c1-16(6-5-11-33-2)18-13-20-21(15-35-26(20)34-14-18)25(38)17-7-3-8-19(12-17)36-27(39)37-23-10-4-9-22(24(23)29)28(30,31)32/h3-15H,2H2,1H3,(H,34,35)(H2,36,37,39)/b11-5-,16-6+. The van der Waals surface area contributed by atoms with Crippen molar-refractivity contribution in [2.75, 3.05) is 10.6 Å². The number of aliphatic imine (C=N–C) groups is 1. The lowest BCUT2D eigenvalue weighted by molar-refractivity contribution is -0.139. The Morgan fingerprint density at radius 3 is 2.59 bits per heavy atom. The molecular weight excluding hydrogens is 514 g/mol. The van der Waals surface area contributed by atoms with E-state index >= 15 is 0 Å². The molecule has 0 fully saturated rings. The lowest BCUT2D eigenvalue weighted by Gasteiger charge is -2.13. The van der Waals surface area contributed by atoms with Gasteiger partial charge in [0.1, 0.15) is 5.65 Å². The highest BCUT2D eigenvalue weighted by Crippen LogP contribution is 2.34. The molecule has 0 bridgehead atoms. The first kappa shape index (κ1) is 27.0. The van der Waals surface area contributed by atoms with Gasteiger partial charge in [0.25, 0.3) is 0 Å². The molecule has 39 heavy (non-hydrogen) atoms. The molecule has 198 valence electrons. The minimum absolute atomic E-state index is 0.172. The van der Waals surface area contributed by atoms with Gasteiger partial charge in [-0.3, -0.25) is 9.79 Å². The van der Waals surface area contributed by atoms with Crippen molar-refractivity contribution < 1.29 is 27.2 Å². The zero-order chi connectivity index (χ0) is 28.2. The quantitative estimate of drug-likeness (QED) is 0.101. The summed E-state index contributed by atoms with van der Waals surface area (Å²) in [4.78, 5) is 36.7. The van der Waals surface area contributed by atoms with Gasteiger partial charge in [-0.2, -0.15) is 13.2 Å². The summed E-state index contributed by atoms with van der Waals surface area (Å²) >= 11 is 0. The monoisotopic (exact) mass is 535 g/mol. The van der Waals surface area contributed by atoms with E-state index in [1.807, 2.05) is 19.1 Å². The molecule has 0 unspecified atom stereocenters. The number of nitrogens with one attached hydrogen (secondary N) is 3. The number of amides is 2. The smallest absolute Gasteiger partial charge is 0.345 e. The van der Waals surface area contributed by atoms with Crippen LogP contribution in [0.15, 0.2) is 84.3 Å². The molecule has 0 aliphatic heterocycles. The summed E-state index contributed by atoms with van der Waals surface area (Å²) in [5.41, 5.74) is 0.801. The van der Waals surface area contributed by atoms with Crippen LogP contribution in [0.25, 0.3) is 16.6 Å². The maximum Gasteiger partial charge on any atom is 0.419 e. The number of nitrogens with zero attached hydrogens (tertiary/aromatic N) is 2. The topological polar surface area (TPSA) is 99.2 Å². The second kappa shape index (κ2) is 11.1. The number of anilines is 2. The van der Waals surface area contributed by atoms with Gasteiger partial charge in [0.05, 0.1) is 11.3 Å². The van der Waals surface area contributed by atoms with Crippen molar-refractivity contribution in [2.45, 2.75) is 13.1 Å². The Kier molecular flexibility index (Phi) is 7.70. The Balaban J connectivity index is 1.55. The number of benzene rings is 2. The van der Waals surface area contributed by atoms with E-state index < -0.39 is 29.3 Å². The van der Waals surface area contributed by atoms with Crippen LogP contribution in [0.3, 0.4) is 0 Å². The summed E-state index contributed by atoms with van der Waals surface area (Å²) in [5.74, 6) is -1.96. The predicted molar refractivity (Wildman–Crippen MR) is 142 cm³/mol. The first-order valence-electron chi connectivity index (χ1n) is 11.4. The predicted octanol–water partition coefficient (Wildman–Crippen LogP) is 7.21. The molecule has 0 spiro atoms. The normalized spacial score (nSPS) is 12.1. The summed E-state index contributed by atoms with van der Waals surface area (Å²) in [6.45, 7) is 5.26. The Morgan fingerprint density at radius 1 is 1.08 bits per heavy atom. The van der Waals surface area contributed by atoms with E-state index in [-0.39, 0.29) is 17.0 Å². The maximum atomic E-state index is 14.2. The second-order valence-corrected chi connectivity index (χ2v) is 8.35. The third kappa shape index (κ3) is 6.09. The van der Waals surface area contributed by atoms with Gasteiger partial charge in [0.15, 0.2) is 11.6 Å². The molecule has 11 heteroatoms. The third-order valence-corrected chi connectivity index (χ3v) is 5.70. The average Bonchev–Trinajstić information content (AvgIpc) is 3.32. The fourth-order valence-corrected chi connectivity index (χ4v) is 3.78. The van der Waals surface area contributed by atoms with Crippen LogP contribution in [0.1, 0.15) is 34.0 Å². The number of carbonyl (C=O) groups excluding carboxylic acids is 2. The van der Waals surface area contributed by atoms with Gasteiger partial charge in [-0.05, 0) is 61.2 Å². The van der Waals surface area contributed by atoms with Crippen molar-refractivity contribution in [1.29, 1.82) is 0 Å². The summed E-state index contributed by atoms with van der Waals surface area (Å²) in [7, 11) is 0. The van der Waals surface area contributed by atoms with Gasteiger partial charge in [-0.25, -0.2) is 14.2 Å². The van der Waals surface area contributed by atoms with Crippen LogP contribution in [0.4, 0.5) is 33.7 Å². The zero-order valence-electron chi connectivity index (χ0n) is 20.4. The fourth-order valence-electron chi connectivity index (χ4n) is 3.78. The van der Waals surface area contributed by atoms with Gasteiger partial charge < -0.3 is 15.6 Å². The number of urea groups is 1. The molecule has 7 nitrogen and oxygen atoms in total. The summed E-state index contributed by atoms with van der Waals surface area (Å²) < 4.78 is 53.1. The van der Waals surface area contributed by atoms with Crippen molar-refractivity contribution in [2.24, 2.45) is 4.99 Å². The van der Waals surface area contributed by atoms with E-state index in [9.17, 15) is 27.2 Å². The van der Waals surface area contributed by atoms with E-state index in [0.717, 1.165) is 23.3 Å². The van der Waals surface area contributed by atoms with Crippen LogP contribution in [-0.2, 0) is 6.18 Å². The molecule has 0 radical (unpaired) electrons. The van der Waals surface area contributed by atoms with Gasteiger partial charge in [-0.1, -0.05) is 24.3 Å². The van der Waals surface area contributed by atoms with Crippen molar-refractivity contribution in [3.8, 4) is 0 Å². The minimum atomic E-state index is -4.92.